The average molecular weight is 1190 g/mol. The van der Waals surface area contributed by atoms with Gasteiger partial charge in [-0.2, -0.15) is 0 Å². The largest absolute Gasteiger partial charge is 0.368 e. The zero-order valence-corrected chi connectivity index (χ0v) is 51.3. The van der Waals surface area contributed by atoms with Crippen LogP contribution in [0.25, 0.3) is 0 Å². The minimum absolute atomic E-state index is 0.0345. The summed E-state index contributed by atoms with van der Waals surface area (Å²) in [7, 11) is 7.83. The van der Waals surface area contributed by atoms with Gasteiger partial charge in [-0.15, -0.1) is 0 Å². The Hall–Kier alpha value is -6.77. The fourth-order valence-corrected chi connectivity index (χ4v) is 16.0. The van der Waals surface area contributed by atoms with Gasteiger partial charge in [0.25, 0.3) is 0 Å². The van der Waals surface area contributed by atoms with E-state index in [-0.39, 0.29) is 60.2 Å². The average Bonchev–Trinajstić information content (AvgIpc) is 2.35. The fraction of sp³-hybridized carbons (Fsp3) is 0.377. The van der Waals surface area contributed by atoms with Crippen molar-refractivity contribution >= 4 is 0 Å². The fourth-order valence-electron chi connectivity index (χ4n) is 16.0. The van der Waals surface area contributed by atoms with Gasteiger partial charge in [-0.25, -0.2) is 13.2 Å². The van der Waals surface area contributed by atoms with Crippen molar-refractivity contribution in [2.75, 3.05) is 54.4 Å². The molecule has 8 nitrogen and oxygen atoms in total. The molecule has 11 heteroatoms. The van der Waals surface area contributed by atoms with E-state index in [1.165, 1.54) is 77.9 Å². The molecule has 4 heterocycles. The first-order valence-electron chi connectivity index (χ1n) is 32.0. The second kappa shape index (κ2) is 26.7. The summed E-state index contributed by atoms with van der Waals surface area (Å²) >= 11 is 0. The molecule has 4 saturated heterocycles. The second-order valence-electron chi connectivity index (χ2n) is 25.5. The number of aryl methyl sites for hydroxylation is 1. The molecule has 4 N–H and O–H groups in total. The quantitative estimate of drug-likeness (QED) is 0.120. The Bertz CT molecular complexity index is 3280. The van der Waals surface area contributed by atoms with Crippen LogP contribution in [0.5, 0.6) is 0 Å². The van der Waals surface area contributed by atoms with Crippen LogP contribution >= 0.6 is 0 Å². The van der Waals surface area contributed by atoms with Crippen molar-refractivity contribution in [1.82, 2.24) is 21.3 Å². The maximum absolute atomic E-state index is 13.8. The van der Waals surface area contributed by atoms with Crippen LogP contribution in [-0.2, 0) is 44.6 Å². The maximum atomic E-state index is 13.8. The molecular formula is C77H83F3N4O4. The van der Waals surface area contributed by atoms with Gasteiger partial charge in [-0.1, -0.05) is 139 Å². The standard InChI is InChI=1S/C20H23NO.3C19H20FNO/c1-13-7-8-15-10-14-5-3-4-6-17(14)19-11-16(12-21-2)22-20(19)18(15)9-13;3*1-21-11-15-10-18-16-5-3-2-4-12(16)8-13-6-7-14(20)9-17(13)19(18)22-15/h3-9,16,19-21H,10-12H2,1-2H3;3*2-7,9,15,18-19,21H,8,10-11H2,1H3/t16-,19+,20-;15-,18+,19-;2*15-,18-,19+/m1010/s1. The van der Waals surface area contributed by atoms with Crippen LogP contribution in [-0.4, -0.2) is 78.8 Å². The highest BCUT2D eigenvalue weighted by molar-refractivity contribution is 5.50. The van der Waals surface area contributed by atoms with E-state index in [1.54, 1.807) is 36.4 Å². The van der Waals surface area contributed by atoms with E-state index in [2.05, 4.69) is 143 Å². The molecule has 0 saturated carbocycles. The lowest BCUT2D eigenvalue weighted by molar-refractivity contribution is 0.0416. The summed E-state index contributed by atoms with van der Waals surface area (Å²) in [6.07, 6.45) is 8.62. The van der Waals surface area contributed by atoms with Gasteiger partial charge in [0.05, 0.1) is 48.8 Å². The molecule has 16 rings (SSSR count). The summed E-state index contributed by atoms with van der Waals surface area (Å²) in [5.74, 6) is 0.905. The first-order chi connectivity index (χ1) is 43.0. The third-order valence-corrected chi connectivity index (χ3v) is 19.8. The molecule has 12 atom stereocenters. The lowest BCUT2D eigenvalue weighted by Gasteiger charge is -2.20. The summed E-state index contributed by atoms with van der Waals surface area (Å²) in [5.41, 5.74) is 21.9. The van der Waals surface area contributed by atoms with Crippen molar-refractivity contribution in [1.29, 1.82) is 0 Å². The molecule has 0 radical (unpaired) electrons. The Balaban J connectivity index is 0.000000108. The number of hydrogen-bond acceptors (Lipinski definition) is 8. The van der Waals surface area contributed by atoms with Gasteiger partial charge < -0.3 is 40.2 Å². The van der Waals surface area contributed by atoms with Gasteiger partial charge in [0.2, 0.25) is 0 Å². The maximum Gasteiger partial charge on any atom is 0.123 e. The van der Waals surface area contributed by atoms with E-state index >= 15 is 0 Å². The Kier molecular flexibility index (Phi) is 18.3. The Morgan fingerprint density at radius 2 is 0.545 bits per heavy atom. The van der Waals surface area contributed by atoms with Crippen LogP contribution in [0, 0.1) is 24.4 Å². The molecular weight excluding hydrogens is 1100 g/mol. The summed E-state index contributed by atoms with van der Waals surface area (Å²) in [6, 6.07) is 56.9. The molecule has 8 aromatic carbocycles. The normalized spacial score (nSPS) is 26.0. The van der Waals surface area contributed by atoms with Crippen LogP contribution in [0.3, 0.4) is 0 Å². The second-order valence-corrected chi connectivity index (χ2v) is 25.5. The van der Waals surface area contributed by atoms with E-state index in [1.807, 2.05) is 46.4 Å². The first kappa shape index (κ1) is 60.2. The molecule has 0 bridgehead atoms. The lowest BCUT2D eigenvalue weighted by atomic mass is 9.87. The number of hydrogen-bond donors (Lipinski definition) is 4. The summed E-state index contributed by atoms with van der Waals surface area (Å²) in [5, 5.41) is 12.9. The first-order valence-corrected chi connectivity index (χ1v) is 32.0. The van der Waals surface area contributed by atoms with Crippen molar-refractivity contribution in [2.24, 2.45) is 0 Å². The van der Waals surface area contributed by atoms with E-state index in [0.717, 1.165) is 94.2 Å². The molecule has 456 valence electrons. The third-order valence-electron chi connectivity index (χ3n) is 19.8. The molecule has 4 aliphatic heterocycles. The van der Waals surface area contributed by atoms with Crippen molar-refractivity contribution in [3.63, 3.8) is 0 Å². The third kappa shape index (κ3) is 12.5. The highest BCUT2D eigenvalue weighted by Gasteiger charge is 2.44. The molecule has 8 aromatic rings. The number of nitrogens with one attached hydrogen (secondary N) is 4. The molecule has 4 fully saturated rings. The Morgan fingerprint density at radius 1 is 0.307 bits per heavy atom. The molecule has 0 spiro atoms. The van der Waals surface area contributed by atoms with Gasteiger partial charge in [0.1, 0.15) is 17.5 Å². The van der Waals surface area contributed by atoms with E-state index < -0.39 is 0 Å². The van der Waals surface area contributed by atoms with Gasteiger partial charge >= 0.3 is 0 Å². The number of halogens is 3. The number of rotatable bonds is 8. The van der Waals surface area contributed by atoms with E-state index in [0.29, 0.717) is 29.8 Å². The zero-order valence-electron chi connectivity index (χ0n) is 51.3. The SMILES string of the molecule is CNC[C@@H]1C[C@@H]2c3ccccc3Cc3ccc(F)cc3[C@@H]2O1.CNC[C@@H]1C[C@H]2c3ccccc3Cc3ccc(F)cc3[C@H]2O1.CNC[C@H]1C[C@@H]2c3ccccc3Cc3ccc(F)cc3[C@@H]2O1.CNC[C@H]1C[C@H]2c3ccccc3Cc3ccc(C)cc3[C@H]2O1. The predicted octanol–water partition coefficient (Wildman–Crippen LogP) is 14.4. The van der Waals surface area contributed by atoms with Crippen LogP contribution in [0.15, 0.2) is 170 Å². The molecule has 0 unspecified atom stereocenters. The molecule has 4 aliphatic carbocycles. The van der Waals surface area contributed by atoms with Crippen LogP contribution < -0.4 is 21.3 Å². The Morgan fingerprint density at radius 3 is 0.818 bits per heavy atom. The molecule has 88 heavy (non-hydrogen) atoms. The molecule has 8 aliphatic rings. The number of fused-ring (bicyclic) bond motifs is 20. The van der Waals surface area contributed by atoms with Crippen molar-refractivity contribution < 1.29 is 32.1 Å². The minimum Gasteiger partial charge on any atom is -0.368 e. The molecule has 0 amide bonds. The summed E-state index contributed by atoms with van der Waals surface area (Å²) in [4.78, 5) is 0. The van der Waals surface area contributed by atoms with Gasteiger partial charge in [-0.3, -0.25) is 0 Å². The highest BCUT2D eigenvalue weighted by atomic mass is 19.1. The number of likely N-dealkylation sites (N-methyl/N-ethyl adjacent to an activating group) is 4. The van der Waals surface area contributed by atoms with E-state index in [4.69, 9.17) is 18.9 Å². The van der Waals surface area contributed by atoms with Crippen molar-refractivity contribution in [3.05, 3.63) is 282 Å². The monoisotopic (exact) mass is 1180 g/mol. The van der Waals surface area contributed by atoms with Gasteiger partial charge in [0.15, 0.2) is 0 Å². The van der Waals surface area contributed by atoms with Gasteiger partial charge in [0, 0.05) is 49.9 Å². The van der Waals surface area contributed by atoms with E-state index in [9.17, 15) is 13.2 Å². The van der Waals surface area contributed by atoms with Crippen molar-refractivity contribution in [3.8, 4) is 0 Å². The number of ether oxygens (including phenoxy) is 4. The lowest BCUT2D eigenvalue weighted by Crippen LogP contribution is -2.23. The minimum atomic E-state index is -0.177. The van der Waals surface area contributed by atoms with Gasteiger partial charge in [-0.05, 0) is 212 Å². The smallest absolute Gasteiger partial charge is 0.123 e. The predicted molar refractivity (Wildman–Crippen MR) is 343 cm³/mol. The van der Waals surface area contributed by atoms with Crippen LogP contribution in [0.1, 0.15) is 168 Å². The van der Waals surface area contributed by atoms with Crippen molar-refractivity contribution in [2.45, 2.75) is 131 Å². The highest BCUT2D eigenvalue weighted by Crippen LogP contribution is 2.53. The summed E-state index contributed by atoms with van der Waals surface area (Å²) < 4.78 is 66.7. The molecule has 0 aromatic heterocycles. The van der Waals surface area contributed by atoms with Crippen LogP contribution in [0.4, 0.5) is 13.2 Å². The Labute approximate surface area is 518 Å². The topological polar surface area (TPSA) is 85.0 Å². The van der Waals surface area contributed by atoms with Crippen LogP contribution in [0.2, 0.25) is 0 Å². The summed E-state index contributed by atoms with van der Waals surface area (Å²) in [6.45, 7) is 5.60. The zero-order chi connectivity index (χ0) is 60.4. The number of benzene rings is 8.